The van der Waals surface area contributed by atoms with Gasteiger partial charge < -0.3 is 10.1 Å². The molecule has 1 heterocycles. The SMILES string of the molecule is C#CCCOc1cccc(CNC(=O)c2ccc3ncsc3c2)c1F. The number of thiazole rings is 1. The lowest BCUT2D eigenvalue weighted by molar-refractivity contribution is 0.0950. The average molecular weight is 354 g/mol. The van der Waals surface area contributed by atoms with E-state index in [-0.39, 0.29) is 24.8 Å². The van der Waals surface area contributed by atoms with Crippen molar-refractivity contribution in [3.63, 3.8) is 0 Å². The maximum absolute atomic E-state index is 14.4. The van der Waals surface area contributed by atoms with Gasteiger partial charge in [0.15, 0.2) is 11.6 Å². The lowest BCUT2D eigenvalue weighted by Gasteiger charge is -2.10. The Balaban J connectivity index is 1.67. The minimum Gasteiger partial charge on any atom is -0.490 e. The van der Waals surface area contributed by atoms with Crippen molar-refractivity contribution in [1.29, 1.82) is 0 Å². The van der Waals surface area contributed by atoms with E-state index in [9.17, 15) is 9.18 Å². The summed E-state index contributed by atoms with van der Waals surface area (Å²) in [7, 11) is 0. The van der Waals surface area contributed by atoms with Crippen LogP contribution in [0.15, 0.2) is 41.9 Å². The van der Waals surface area contributed by atoms with Gasteiger partial charge in [0.1, 0.15) is 0 Å². The van der Waals surface area contributed by atoms with Gasteiger partial charge in [0, 0.05) is 24.1 Å². The van der Waals surface area contributed by atoms with E-state index in [1.165, 1.54) is 17.4 Å². The molecule has 1 aromatic heterocycles. The summed E-state index contributed by atoms with van der Waals surface area (Å²) in [6, 6.07) is 10.1. The number of amides is 1. The Bertz CT molecular complexity index is 946. The van der Waals surface area contributed by atoms with Crippen molar-refractivity contribution in [1.82, 2.24) is 10.3 Å². The van der Waals surface area contributed by atoms with Crippen LogP contribution in [0.1, 0.15) is 22.3 Å². The van der Waals surface area contributed by atoms with Gasteiger partial charge in [-0.15, -0.1) is 23.7 Å². The summed E-state index contributed by atoms with van der Waals surface area (Å²) in [6.45, 7) is 0.315. The molecule has 4 nitrogen and oxygen atoms in total. The van der Waals surface area contributed by atoms with Crippen molar-refractivity contribution in [3.8, 4) is 18.1 Å². The zero-order chi connectivity index (χ0) is 17.6. The second-order valence-corrected chi connectivity index (χ2v) is 6.14. The smallest absolute Gasteiger partial charge is 0.251 e. The van der Waals surface area contributed by atoms with Gasteiger partial charge in [0.05, 0.1) is 22.3 Å². The number of hydrogen-bond donors (Lipinski definition) is 1. The maximum Gasteiger partial charge on any atom is 0.251 e. The highest BCUT2D eigenvalue weighted by Crippen LogP contribution is 2.21. The van der Waals surface area contributed by atoms with Crippen LogP contribution in [0, 0.1) is 18.2 Å². The third-order valence-electron chi connectivity index (χ3n) is 3.58. The number of carbonyl (C=O) groups is 1. The molecule has 0 aliphatic carbocycles. The molecular formula is C19H15FN2O2S. The highest BCUT2D eigenvalue weighted by atomic mass is 32.1. The molecule has 0 aliphatic rings. The zero-order valence-corrected chi connectivity index (χ0v) is 14.1. The van der Waals surface area contributed by atoms with Gasteiger partial charge in [0.2, 0.25) is 0 Å². The summed E-state index contributed by atoms with van der Waals surface area (Å²) in [5.41, 5.74) is 3.45. The number of nitrogens with zero attached hydrogens (tertiary/aromatic N) is 1. The predicted octanol–water partition coefficient (Wildman–Crippen LogP) is 3.77. The molecule has 0 fully saturated rings. The van der Waals surface area contributed by atoms with Crippen LogP contribution < -0.4 is 10.1 Å². The molecule has 25 heavy (non-hydrogen) atoms. The summed E-state index contributed by atoms with van der Waals surface area (Å²) >= 11 is 1.47. The Labute approximate surface area is 148 Å². The molecule has 0 unspecified atom stereocenters. The van der Waals surface area contributed by atoms with Crippen LogP contribution >= 0.6 is 11.3 Å². The zero-order valence-electron chi connectivity index (χ0n) is 13.3. The topological polar surface area (TPSA) is 51.2 Å². The van der Waals surface area contributed by atoms with Crippen molar-refractivity contribution in [2.24, 2.45) is 0 Å². The molecule has 0 atom stereocenters. The Morgan fingerprint density at radius 1 is 1.36 bits per heavy atom. The maximum atomic E-state index is 14.4. The Kier molecular flexibility index (Phi) is 5.26. The lowest BCUT2D eigenvalue weighted by Crippen LogP contribution is -2.23. The van der Waals surface area contributed by atoms with Gasteiger partial charge in [-0.1, -0.05) is 12.1 Å². The van der Waals surface area contributed by atoms with Crippen molar-refractivity contribution in [2.45, 2.75) is 13.0 Å². The van der Waals surface area contributed by atoms with E-state index < -0.39 is 5.82 Å². The number of halogens is 1. The van der Waals surface area contributed by atoms with E-state index in [0.717, 1.165) is 10.2 Å². The molecule has 0 spiro atoms. The summed E-state index contributed by atoms with van der Waals surface area (Å²) < 4.78 is 20.6. The van der Waals surface area contributed by atoms with Gasteiger partial charge in [-0.05, 0) is 24.3 Å². The van der Waals surface area contributed by atoms with Crippen LogP contribution in [0.5, 0.6) is 5.75 Å². The van der Waals surface area contributed by atoms with E-state index in [4.69, 9.17) is 11.2 Å². The first-order valence-corrected chi connectivity index (χ1v) is 8.52. The number of carbonyl (C=O) groups excluding carboxylic acids is 1. The van der Waals surface area contributed by atoms with E-state index in [1.54, 1.807) is 35.8 Å². The van der Waals surface area contributed by atoms with Crippen LogP contribution in [-0.2, 0) is 6.54 Å². The fraction of sp³-hybridized carbons (Fsp3) is 0.158. The van der Waals surface area contributed by atoms with Gasteiger partial charge in [0.25, 0.3) is 5.91 Å². The fourth-order valence-electron chi connectivity index (χ4n) is 2.30. The van der Waals surface area contributed by atoms with E-state index in [1.807, 2.05) is 0 Å². The first kappa shape index (κ1) is 16.9. The van der Waals surface area contributed by atoms with Crippen molar-refractivity contribution in [2.75, 3.05) is 6.61 Å². The minimum atomic E-state index is -0.488. The van der Waals surface area contributed by atoms with Gasteiger partial charge in [-0.25, -0.2) is 9.37 Å². The van der Waals surface area contributed by atoms with Crippen LogP contribution in [0.3, 0.4) is 0 Å². The van der Waals surface area contributed by atoms with Crippen LogP contribution in [-0.4, -0.2) is 17.5 Å². The van der Waals surface area contributed by atoms with Gasteiger partial charge >= 0.3 is 0 Å². The number of terminal acetylenes is 1. The van der Waals surface area contributed by atoms with Crippen LogP contribution in [0.2, 0.25) is 0 Å². The fourth-order valence-corrected chi connectivity index (χ4v) is 3.01. The molecule has 2 aromatic carbocycles. The van der Waals surface area contributed by atoms with Crippen molar-refractivity contribution < 1.29 is 13.9 Å². The van der Waals surface area contributed by atoms with E-state index >= 15 is 0 Å². The second kappa shape index (κ2) is 7.77. The highest BCUT2D eigenvalue weighted by Gasteiger charge is 2.12. The third kappa shape index (κ3) is 3.95. The van der Waals surface area contributed by atoms with E-state index in [0.29, 0.717) is 17.5 Å². The number of rotatable bonds is 6. The summed E-state index contributed by atoms with van der Waals surface area (Å²) in [5.74, 6) is 1.81. The third-order valence-corrected chi connectivity index (χ3v) is 4.37. The quantitative estimate of drug-likeness (QED) is 0.542. The molecule has 6 heteroatoms. The van der Waals surface area contributed by atoms with Crippen molar-refractivity contribution >= 4 is 27.5 Å². The number of nitrogens with one attached hydrogen (secondary N) is 1. The molecule has 1 amide bonds. The molecule has 0 radical (unpaired) electrons. The molecule has 0 aliphatic heterocycles. The monoisotopic (exact) mass is 354 g/mol. The molecule has 126 valence electrons. The van der Waals surface area contributed by atoms with Gasteiger partial charge in [-0.2, -0.15) is 0 Å². The van der Waals surface area contributed by atoms with Crippen LogP contribution in [0.4, 0.5) is 4.39 Å². The Morgan fingerprint density at radius 2 is 2.24 bits per heavy atom. The predicted molar refractivity (Wildman–Crippen MR) is 96.1 cm³/mol. The second-order valence-electron chi connectivity index (χ2n) is 5.25. The molecule has 3 rings (SSSR count). The summed E-state index contributed by atoms with van der Waals surface area (Å²) in [6.07, 6.45) is 5.55. The summed E-state index contributed by atoms with van der Waals surface area (Å²) in [4.78, 5) is 16.5. The standard InChI is InChI=1S/C19H15FN2O2S/c1-2-3-9-24-16-6-4-5-14(18(16)20)11-21-19(23)13-7-8-15-17(10-13)25-12-22-15/h1,4-8,10,12H,3,9,11H2,(H,21,23). The van der Waals surface area contributed by atoms with Crippen molar-refractivity contribution in [3.05, 3.63) is 58.9 Å². The molecule has 1 N–H and O–H groups in total. The largest absolute Gasteiger partial charge is 0.490 e. The average Bonchev–Trinajstić information content (AvgIpc) is 3.09. The van der Waals surface area contributed by atoms with Crippen LogP contribution in [0.25, 0.3) is 10.2 Å². The number of benzene rings is 2. The number of hydrogen-bond acceptors (Lipinski definition) is 4. The lowest BCUT2D eigenvalue weighted by atomic mass is 10.1. The number of ether oxygens (including phenoxy) is 1. The molecule has 0 saturated heterocycles. The first-order valence-electron chi connectivity index (χ1n) is 7.64. The number of fused-ring (bicyclic) bond motifs is 1. The normalized spacial score (nSPS) is 10.4. The summed E-state index contributed by atoms with van der Waals surface area (Å²) in [5, 5.41) is 2.72. The molecular weight excluding hydrogens is 339 g/mol. The molecule has 0 bridgehead atoms. The van der Waals surface area contributed by atoms with E-state index in [2.05, 4.69) is 16.2 Å². The highest BCUT2D eigenvalue weighted by molar-refractivity contribution is 7.16. The Hall–Kier alpha value is -2.91. The molecule has 3 aromatic rings. The number of aromatic nitrogens is 1. The molecule has 0 saturated carbocycles. The van der Waals surface area contributed by atoms with Gasteiger partial charge in [-0.3, -0.25) is 4.79 Å². The Morgan fingerprint density at radius 3 is 3.08 bits per heavy atom. The minimum absolute atomic E-state index is 0.0672. The first-order chi connectivity index (χ1) is 12.2.